The third kappa shape index (κ3) is 7.23. The van der Waals surface area contributed by atoms with Crippen LogP contribution < -0.4 is 9.64 Å². The second-order valence-corrected chi connectivity index (χ2v) is 17.1. The molecule has 0 saturated carbocycles. The molecule has 0 aromatic heterocycles. The van der Waals surface area contributed by atoms with E-state index < -0.39 is 14.5 Å². The summed E-state index contributed by atoms with van der Waals surface area (Å²) in [5, 5.41) is 9.66. The number of amides is 2. The number of hydrogen-bond acceptors (Lipinski definition) is 5. The van der Waals surface area contributed by atoms with Crippen molar-refractivity contribution in [2.24, 2.45) is 5.92 Å². The SMILES string of the molecule is C[C@@H]1[C@@H]([Si](C)(C)F)[C@H](CC(=O)N(CCO)Cc2ccccc2)O[C@@H]1CCc1ccc(N2C(=O)c3ccccc3Oc3ccccc32)cc1. The summed E-state index contributed by atoms with van der Waals surface area (Å²) >= 11 is 0. The van der Waals surface area contributed by atoms with E-state index in [1.165, 1.54) is 0 Å². The van der Waals surface area contributed by atoms with Gasteiger partial charge in [0.25, 0.3) is 5.91 Å². The van der Waals surface area contributed by atoms with Gasteiger partial charge in [0.15, 0.2) is 5.75 Å². The molecule has 0 radical (unpaired) electrons. The van der Waals surface area contributed by atoms with E-state index >= 15 is 4.11 Å². The van der Waals surface area contributed by atoms with Gasteiger partial charge in [-0.1, -0.05) is 73.7 Å². The Balaban J connectivity index is 1.15. The first-order valence-corrected chi connectivity index (χ1v) is 19.7. The van der Waals surface area contributed by atoms with Crippen molar-refractivity contribution in [2.75, 3.05) is 18.1 Å². The number of fused-ring (bicyclic) bond motifs is 2. The van der Waals surface area contributed by atoms with Gasteiger partial charge in [-0.25, -0.2) is 0 Å². The van der Waals surface area contributed by atoms with Crippen molar-refractivity contribution in [3.63, 3.8) is 0 Å². The minimum Gasteiger partial charge on any atom is -0.454 e. The highest BCUT2D eigenvalue weighted by Gasteiger charge is 2.51. The van der Waals surface area contributed by atoms with Gasteiger partial charge in [-0.15, -0.1) is 0 Å². The minimum absolute atomic E-state index is 0.0413. The third-order valence-corrected chi connectivity index (χ3v) is 12.1. The van der Waals surface area contributed by atoms with Crippen LogP contribution in [-0.2, 0) is 22.5 Å². The van der Waals surface area contributed by atoms with Crippen LogP contribution in [0.3, 0.4) is 0 Å². The fourth-order valence-electron chi connectivity index (χ4n) is 7.28. The fourth-order valence-corrected chi connectivity index (χ4v) is 9.83. The van der Waals surface area contributed by atoms with Gasteiger partial charge in [0.05, 0.1) is 36.5 Å². The number of benzene rings is 4. The maximum Gasteiger partial charge on any atom is 0.266 e. The Morgan fingerprint density at radius 3 is 2.25 bits per heavy atom. The van der Waals surface area contributed by atoms with Gasteiger partial charge in [-0.2, -0.15) is 0 Å². The number of hydrogen-bond donors (Lipinski definition) is 1. The molecular formula is C39H43FN2O5Si. The number of anilines is 2. The van der Waals surface area contributed by atoms with Gasteiger partial charge >= 0.3 is 0 Å². The Hall–Kier alpha value is -4.31. The van der Waals surface area contributed by atoms with Crippen molar-refractivity contribution in [3.8, 4) is 11.5 Å². The van der Waals surface area contributed by atoms with Crippen LogP contribution in [0.5, 0.6) is 11.5 Å². The number of para-hydroxylation sites is 3. The second kappa shape index (κ2) is 14.4. The van der Waals surface area contributed by atoms with Crippen molar-refractivity contribution in [2.45, 2.75) is 63.6 Å². The smallest absolute Gasteiger partial charge is 0.266 e. The predicted octanol–water partition coefficient (Wildman–Crippen LogP) is 8.06. The van der Waals surface area contributed by atoms with Crippen molar-refractivity contribution in [1.29, 1.82) is 0 Å². The normalized spacial score (nSPS) is 20.4. The van der Waals surface area contributed by atoms with E-state index in [-0.39, 0.29) is 48.9 Å². The first kappa shape index (κ1) is 33.6. The van der Waals surface area contributed by atoms with Crippen LogP contribution in [-0.4, -0.2) is 55.6 Å². The lowest BCUT2D eigenvalue weighted by Crippen LogP contribution is -2.40. The zero-order valence-electron chi connectivity index (χ0n) is 27.7. The molecule has 4 atom stereocenters. The van der Waals surface area contributed by atoms with Crippen LogP contribution >= 0.6 is 0 Å². The zero-order chi connectivity index (χ0) is 33.8. The number of aliphatic hydroxyl groups excluding tert-OH is 1. The average Bonchev–Trinajstić information content (AvgIpc) is 3.33. The molecule has 0 spiro atoms. The summed E-state index contributed by atoms with van der Waals surface area (Å²) in [6.07, 6.45) is 0.776. The van der Waals surface area contributed by atoms with Gasteiger partial charge in [-0.05, 0) is 79.4 Å². The summed E-state index contributed by atoms with van der Waals surface area (Å²) in [6.45, 7) is 5.92. The molecular weight excluding hydrogens is 624 g/mol. The van der Waals surface area contributed by atoms with Crippen molar-refractivity contribution in [3.05, 3.63) is 120 Å². The number of aliphatic hydroxyl groups is 1. The first-order chi connectivity index (χ1) is 23.1. The number of aryl methyl sites for hydroxylation is 1. The molecule has 0 aliphatic carbocycles. The van der Waals surface area contributed by atoms with E-state index in [1.807, 2.05) is 91.0 Å². The zero-order valence-corrected chi connectivity index (χ0v) is 28.7. The van der Waals surface area contributed by atoms with Crippen LogP contribution in [0.25, 0.3) is 0 Å². The van der Waals surface area contributed by atoms with Crippen molar-refractivity contribution < 1.29 is 28.3 Å². The molecule has 1 saturated heterocycles. The van der Waals surface area contributed by atoms with Gasteiger partial charge in [0.2, 0.25) is 14.3 Å². The number of nitrogens with zero attached hydrogens (tertiary/aromatic N) is 2. The fraction of sp³-hybridized carbons (Fsp3) is 0.333. The van der Waals surface area contributed by atoms with Gasteiger partial charge < -0.3 is 23.6 Å². The predicted molar refractivity (Wildman–Crippen MR) is 188 cm³/mol. The molecule has 4 aromatic rings. The summed E-state index contributed by atoms with van der Waals surface area (Å²) in [6, 6.07) is 32.4. The van der Waals surface area contributed by atoms with Crippen molar-refractivity contribution >= 4 is 31.6 Å². The van der Waals surface area contributed by atoms with Gasteiger partial charge in [0.1, 0.15) is 5.75 Å². The molecule has 0 bridgehead atoms. The van der Waals surface area contributed by atoms with E-state index in [1.54, 1.807) is 35.0 Å². The number of ether oxygens (including phenoxy) is 2. The number of rotatable bonds is 11. The molecule has 4 aromatic carbocycles. The van der Waals surface area contributed by atoms with E-state index in [0.29, 0.717) is 42.1 Å². The molecule has 48 heavy (non-hydrogen) atoms. The van der Waals surface area contributed by atoms with Gasteiger partial charge in [0, 0.05) is 24.3 Å². The first-order valence-electron chi connectivity index (χ1n) is 16.7. The second-order valence-electron chi connectivity index (χ2n) is 13.3. The Morgan fingerprint density at radius 1 is 0.875 bits per heavy atom. The van der Waals surface area contributed by atoms with Crippen LogP contribution in [0.4, 0.5) is 15.5 Å². The van der Waals surface area contributed by atoms with Crippen LogP contribution in [0, 0.1) is 5.92 Å². The lowest BCUT2D eigenvalue weighted by atomic mass is 9.95. The van der Waals surface area contributed by atoms with Crippen LogP contribution in [0.2, 0.25) is 18.6 Å². The van der Waals surface area contributed by atoms with E-state index in [2.05, 4.69) is 6.92 Å². The molecule has 1 N–H and O–H groups in total. The van der Waals surface area contributed by atoms with E-state index in [0.717, 1.165) is 16.8 Å². The Kier molecular flexibility index (Phi) is 10.1. The molecule has 9 heteroatoms. The molecule has 2 heterocycles. The van der Waals surface area contributed by atoms with Crippen molar-refractivity contribution in [1.82, 2.24) is 4.90 Å². The maximum atomic E-state index is 15.8. The van der Waals surface area contributed by atoms with Crippen LogP contribution in [0.15, 0.2) is 103 Å². The number of carbonyl (C=O) groups is 2. The molecule has 1 fully saturated rings. The molecule has 2 aliphatic rings. The summed E-state index contributed by atoms with van der Waals surface area (Å²) in [5.74, 6) is 0.786. The lowest BCUT2D eigenvalue weighted by molar-refractivity contribution is -0.135. The quantitative estimate of drug-likeness (QED) is 0.129. The summed E-state index contributed by atoms with van der Waals surface area (Å²) in [5.41, 5.74) is 3.63. The monoisotopic (exact) mass is 666 g/mol. The average molecular weight is 667 g/mol. The maximum absolute atomic E-state index is 15.8. The van der Waals surface area contributed by atoms with Gasteiger partial charge in [-0.3, -0.25) is 14.5 Å². The number of halogens is 1. The lowest BCUT2D eigenvalue weighted by Gasteiger charge is -2.30. The molecule has 6 rings (SSSR count). The highest BCUT2D eigenvalue weighted by molar-refractivity contribution is 6.72. The summed E-state index contributed by atoms with van der Waals surface area (Å²) in [4.78, 5) is 30.6. The summed E-state index contributed by atoms with van der Waals surface area (Å²) in [7, 11) is -3.18. The third-order valence-electron chi connectivity index (χ3n) is 9.57. The highest BCUT2D eigenvalue weighted by atomic mass is 28.4. The Morgan fingerprint density at radius 2 is 1.54 bits per heavy atom. The Labute approximate surface area is 283 Å². The highest BCUT2D eigenvalue weighted by Crippen LogP contribution is 2.47. The standard InChI is InChI=1S/C39H43FN2O5Si/c1-27-33(46-36(38(27)48(2,3)40)25-37(44)41(23-24-43)26-29-11-5-4-6-12-29)22-19-28-17-20-30(21-18-28)42-32-14-8-10-16-35(32)47-34-15-9-7-13-31(34)39(42)45/h4-18,20-21,27,33,36,38,43H,19,22-26H2,1-3H3/t27-,33+,36-,38+/m0/s1. The molecule has 250 valence electrons. The summed E-state index contributed by atoms with van der Waals surface area (Å²) < 4.78 is 28.5. The topological polar surface area (TPSA) is 79.3 Å². The van der Waals surface area contributed by atoms with E-state index in [4.69, 9.17) is 9.47 Å². The molecule has 2 amide bonds. The minimum atomic E-state index is -3.18. The number of carbonyl (C=O) groups excluding carboxylic acids is 2. The van der Waals surface area contributed by atoms with E-state index in [9.17, 15) is 14.7 Å². The molecule has 0 unspecified atom stereocenters. The molecule has 7 nitrogen and oxygen atoms in total. The molecule has 2 aliphatic heterocycles. The van der Waals surface area contributed by atoms with Crippen LogP contribution in [0.1, 0.15) is 41.3 Å². The Bertz CT molecular complexity index is 1730. The largest absolute Gasteiger partial charge is 0.454 e.